The summed E-state index contributed by atoms with van der Waals surface area (Å²) in [6, 6.07) is 13.5. The van der Waals surface area contributed by atoms with Crippen molar-refractivity contribution in [1.82, 2.24) is 0 Å². The standard InChI is InChI=1S/C15H12N2O5/c18-16(19)9-8-13-10-14(6-7-15(13)17(20)21)22-11-12-4-2-1-3-5-12/h1-10H,11H2/b9-8+/i9+1. The van der Waals surface area contributed by atoms with Gasteiger partial charge in [-0.2, -0.15) is 0 Å². The molecule has 0 bridgehead atoms. The van der Waals surface area contributed by atoms with E-state index in [2.05, 4.69) is 0 Å². The van der Waals surface area contributed by atoms with E-state index in [1.165, 1.54) is 18.2 Å². The number of nitrogens with zero attached hydrogens (tertiary/aromatic N) is 2. The van der Waals surface area contributed by atoms with E-state index in [-0.39, 0.29) is 11.3 Å². The molecule has 0 aromatic heterocycles. The topological polar surface area (TPSA) is 95.5 Å². The number of nitro benzene ring substituents is 1. The first-order valence-electron chi connectivity index (χ1n) is 6.33. The van der Waals surface area contributed by atoms with E-state index >= 15 is 0 Å². The molecule has 0 saturated carbocycles. The molecule has 0 aliphatic heterocycles. The van der Waals surface area contributed by atoms with Crippen molar-refractivity contribution in [1.29, 1.82) is 0 Å². The van der Waals surface area contributed by atoms with Crippen LogP contribution in [0.2, 0.25) is 0 Å². The average Bonchev–Trinajstić information content (AvgIpc) is 2.51. The third-order valence-electron chi connectivity index (χ3n) is 2.82. The molecule has 2 aromatic carbocycles. The van der Waals surface area contributed by atoms with E-state index in [9.17, 15) is 20.2 Å². The molecule has 2 rings (SSSR count). The number of nitro groups is 2. The van der Waals surface area contributed by atoms with Crippen molar-refractivity contribution in [3.63, 3.8) is 0 Å². The first kappa shape index (κ1) is 15.2. The van der Waals surface area contributed by atoms with Crippen molar-refractivity contribution in [3.8, 4) is 5.75 Å². The number of rotatable bonds is 6. The number of ether oxygens (including phenoxy) is 1. The van der Waals surface area contributed by atoms with Crippen LogP contribution < -0.4 is 4.74 Å². The molecular weight excluding hydrogens is 289 g/mol. The highest BCUT2D eigenvalue weighted by atomic mass is 16.6. The highest BCUT2D eigenvalue weighted by Crippen LogP contribution is 2.26. The molecule has 0 saturated heterocycles. The summed E-state index contributed by atoms with van der Waals surface area (Å²) in [5.74, 6) is 0.400. The van der Waals surface area contributed by atoms with Gasteiger partial charge in [0.25, 0.3) is 5.69 Å². The highest BCUT2D eigenvalue weighted by molar-refractivity contribution is 5.62. The lowest BCUT2D eigenvalue weighted by atomic mass is 10.2. The predicted octanol–water partition coefficient (Wildman–Crippen LogP) is 3.42. The van der Waals surface area contributed by atoms with Gasteiger partial charge >= 0.3 is 0 Å². The van der Waals surface area contributed by atoms with Gasteiger partial charge in [0.15, 0.2) is 0 Å². The van der Waals surface area contributed by atoms with Crippen molar-refractivity contribution in [2.75, 3.05) is 0 Å². The van der Waals surface area contributed by atoms with Crippen molar-refractivity contribution in [3.05, 3.63) is 86.1 Å². The minimum absolute atomic E-state index is 0.118. The van der Waals surface area contributed by atoms with E-state index in [1.807, 2.05) is 30.3 Å². The molecule has 0 N–H and O–H groups in total. The van der Waals surface area contributed by atoms with Gasteiger partial charge < -0.3 is 4.74 Å². The van der Waals surface area contributed by atoms with Crippen LogP contribution in [0.4, 0.5) is 5.69 Å². The van der Waals surface area contributed by atoms with E-state index in [4.69, 9.17) is 4.74 Å². The molecule has 0 aliphatic carbocycles. The van der Waals surface area contributed by atoms with Gasteiger partial charge in [0.1, 0.15) is 12.4 Å². The van der Waals surface area contributed by atoms with Gasteiger partial charge in [-0.3, -0.25) is 20.2 Å². The molecule has 0 fully saturated rings. The lowest BCUT2D eigenvalue weighted by Crippen LogP contribution is -1.97. The van der Waals surface area contributed by atoms with Gasteiger partial charge in [-0.05, 0) is 17.7 Å². The van der Waals surface area contributed by atoms with Gasteiger partial charge in [0.05, 0.1) is 15.4 Å². The molecule has 0 amide bonds. The first-order chi connectivity index (χ1) is 10.6. The van der Waals surface area contributed by atoms with E-state index in [0.29, 0.717) is 18.6 Å². The zero-order chi connectivity index (χ0) is 15.9. The largest absolute Gasteiger partial charge is 0.489 e. The third kappa shape index (κ3) is 4.14. The fraction of sp³-hybridized carbons (Fsp3) is 0.0667. The molecule has 112 valence electrons. The van der Waals surface area contributed by atoms with Crippen molar-refractivity contribution in [2.45, 2.75) is 6.61 Å². The lowest BCUT2D eigenvalue weighted by molar-refractivity contribution is -0.401. The lowest BCUT2D eigenvalue weighted by Gasteiger charge is -2.07. The molecule has 7 nitrogen and oxygen atoms in total. The summed E-state index contributed by atoms with van der Waals surface area (Å²) in [5, 5.41) is 21.3. The minimum Gasteiger partial charge on any atom is -0.489 e. The van der Waals surface area contributed by atoms with E-state index in [0.717, 1.165) is 11.6 Å². The summed E-state index contributed by atoms with van der Waals surface area (Å²) >= 11 is 0. The van der Waals surface area contributed by atoms with Crippen molar-refractivity contribution >= 4 is 11.8 Å². The van der Waals surface area contributed by atoms with Crippen LogP contribution in [0.1, 0.15) is 11.1 Å². The summed E-state index contributed by atoms with van der Waals surface area (Å²) in [6.45, 7) is 0.303. The van der Waals surface area contributed by atoms with Crippen molar-refractivity contribution < 1.29 is 14.6 Å². The number of hydrogen-bond donors (Lipinski definition) is 0. The molecule has 0 radical (unpaired) electrons. The predicted molar refractivity (Wildman–Crippen MR) is 79.9 cm³/mol. The summed E-state index contributed by atoms with van der Waals surface area (Å²) in [6.07, 6.45) is 1.73. The highest BCUT2D eigenvalue weighted by Gasteiger charge is 2.13. The second-order valence-electron chi connectivity index (χ2n) is 4.35. The average molecular weight is 301 g/mol. The Morgan fingerprint density at radius 2 is 1.77 bits per heavy atom. The summed E-state index contributed by atoms with van der Waals surface area (Å²) in [7, 11) is 0. The fourth-order valence-corrected chi connectivity index (χ4v) is 1.80. The van der Waals surface area contributed by atoms with Crippen LogP contribution in [-0.4, -0.2) is 9.85 Å². The second kappa shape index (κ2) is 6.98. The van der Waals surface area contributed by atoms with Crippen molar-refractivity contribution in [2.24, 2.45) is 0 Å². The van der Waals surface area contributed by atoms with Crippen LogP contribution in [0.15, 0.2) is 54.7 Å². The van der Waals surface area contributed by atoms with Gasteiger partial charge in [-0.1, -0.05) is 30.3 Å². The number of benzene rings is 2. The molecule has 7 heteroatoms. The Labute approximate surface area is 125 Å². The summed E-state index contributed by atoms with van der Waals surface area (Å²) in [4.78, 5) is 20.0. The van der Waals surface area contributed by atoms with Crippen LogP contribution in [0.5, 0.6) is 5.75 Å². The Bertz CT molecular complexity index is 713. The Morgan fingerprint density at radius 3 is 2.41 bits per heavy atom. The van der Waals surface area contributed by atoms with Gasteiger partial charge in [-0.15, -0.1) is 0 Å². The molecule has 2 aromatic rings. The SMILES string of the molecule is O=[N+]([O-])/[13CH]=C/c1cc(OCc2ccccc2)ccc1[N+](=O)[O-]. The van der Waals surface area contributed by atoms with E-state index in [1.54, 1.807) is 0 Å². The van der Waals surface area contributed by atoms with E-state index < -0.39 is 9.85 Å². The fourth-order valence-electron chi connectivity index (χ4n) is 1.80. The molecule has 0 heterocycles. The number of hydrogen-bond acceptors (Lipinski definition) is 5. The van der Waals surface area contributed by atoms with Crippen LogP contribution in [0.25, 0.3) is 6.08 Å². The van der Waals surface area contributed by atoms with Crippen LogP contribution in [0.3, 0.4) is 0 Å². The summed E-state index contributed by atoms with van der Waals surface area (Å²) in [5.41, 5.74) is 0.848. The smallest absolute Gasteiger partial charge is 0.277 e. The third-order valence-corrected chi connectivity index (χ3v) is 2.82. The second-order valence-corrected chi connectivity index (χ2v) is 4.35. The normalized spacial score (nSPS) is 10.5. The molecular formula is C15H12N2O5. The summed E-state index contributed by atoms with van der Waals surface area (Å²) < 4.78 is 5.55. The maximum atomic E-state index is 10.9. The molecule has 0 aliphatic rings. The molecule has 22 heavy (non-hydrogen) atoms. The van der Waals surface area contributed by atoms with Crippen LogP contribution >= 0.6 is 0 Å². The van der Waals surface area contributed by atoms with Gasteiger partial charge in [-0.25, -0.2) is 0 Å². The Balaban J connectivity index is 2.20. The van der Waals surface area contributed by atoms with Gasteiger partial charge in [0, 0.05) is 12.1 Å². The Morgan fingerprint density at radius 1 is 1.05 bits per heavy atom. The molecule has 0 spiro atoms. The zero-order valence-corrected chi connectivity index (χ0v) is 11.4. The molecule has 0 unspecified atom stereocenters. The maximum Gasteiger partial charge on any atom is 0.277 e. The molecule has 0 atom stereocenters. The van der Waals surface area contributed by atoms with Crippen LogP contribution in [-0.2, 0) is 6.61 Å². The quantitative estimate of drug-likeness (QED) is 0.462. The van der Waals surface area contributed by atoms with Gasteiger partial charge in [0.2, 0.25) is 6.20 Å². The Kier molecular flexibility index (Phi) is 4.81. The van der Waals surface area contributed by atoms with Crippen LogP contribution in [0, 0.1) is 20.2 Å². The first-order valence-corrected chi connectivity index (χ1v) is 6.33. The minimum atomic E-state index is -0.679. The Hall–Kier alpha value is -3.22. The monoisotopic (exact) mass is 301 g/mol. The zero-order valence-electron chi connectivity index (χ0n) is 11.4. The maximum absolute atomic E-state index is 10.9.